The van der Waals surface area contributed by atoms with E-state index in [-0.39, 0.29) is 11.7 Å². The molecule has 0 aliphatic heterocycles. The molecule has 2 heterocycles. The van der Waals surface area contributed by atoms with Gasteiger partial charge in [-0.25, -0.2) is 4.98 Å². The van der Waals surface area contributed by atoms with Gasteiger partial charge in [-0.3, -0.25) is 9.69 Å². The van der Waals surface area contributed by atoms with Gasteiger partial charge in [-0.15, -0.1) is 11.3 Å². The summed E-state index contributed by atoms with van der Waals surface area (Å²) in [6.45, 7) is 3.05. The minimum atomic E-state index is -0.360. The Morgan fingerprint density at radius 1 is 1.45 bits per heavy atom. The number of aliphatic hydroxyl groups is 1. The third kappa shape index (κ3) is 2.59. The molecule has 0 spiro atoms. The quantitative estimate of drug-likeness (QED) is 0.882. The van der Waals surface area contributed by atoms with Gasteiger partial charge < -0.3 is 10.1 Å². The molecule has 2 aliphatic rings. The van der Waals surface area contributed by atoms with Crippen LogP contribution in [0, 0.1) is 0 Å². The zero-order valence-electron chi connectivity index (χ0n) is 12.8. The van der Waals surface area contributed by atoms with Crippen molar-refractivity contribution in [1.82, 2.24) is 14.9 Å². The lowest BCUT2D eigenvalue weighted by Crippen LogP contribution is -2.33. The maximum absolute atomic E-state index is 12.5. The van der Waals surface area contributed by atoms with Gasteiger partial charge in [0, 0.05) is 17.5 Å². The molecular weight excluding hydrogens is 298 g/mol. The Bertz CT molecular complexity index is 761. The van der Waals surface area contributed by atoms with E-state index in [2.05, 4.69) is 9.88 Å². The third-order valence-electron chi connectivity index (χ3n) is 4.54. The molecule has 2 aliphatic carbocycles. The topological polar surface area (TPSA) is 69.2 Å². The van der Waals surface area contributed by atoms with E-state index in [1.54, 1.807) is 18.3 Å². The summed E-state index contributed by atoms with van der Waals surface area (Å²) < 4.78 is 0. The average molecular weight is 319 g/mol. The second-order valence-electron chi connectivity index (χ2n) is 6.56. The van der Waals surface area contributed by atoms with Crippen LogP contribution in [0.25, 0.3) is 10.2 Å². The van der Waals surface area contributed by atoms with E-state index < -0.39 is 0 Å². The molecule has 2 aromatic rings. The molecule has 0 radical (unpaired) electrons. The highest BCUT2D eigenvalue weighted by molar-refractivity contribution is 7.18. The van der Waals surface area contributed by atoms with Gasteiger partial charge in [-0.2, -0.15) is 0 Å². The van der Waals surface area contributed by atoms with Crippen LogP contribution in [0.15, 0.2) is 4.79 Å². The van der Waals surface area contributed by atoms with Crippen LogP contribution < -0.4 is 5.56 Å². The summed E-state index contributed by atoms with van der Waals surface area (Å²) in [6, 6.07) is 0.531. The molecule has 0 saturated heterocycles. The van der Waals surface area contributed by atoms with E-state index in [4.69, 9.17) is 4.98 Å². The van der Waals surface area contributed by atoms with Crippen molar-refractivity contribution in [2.75, 3.05) is 6.54 Å². The fraction of sp³-hybridized carbons (Fsp3) is 0.625. The standard InChI is InChI=1S/C16H21N3O2S/c1-9(20)7-19(10-5-6-10)8-13-17-15(21)14-11-3-2-4-12(11)22-16(14)18-13/h9-10,20H,2-8H2,1H3,(H,17,18,21). The van der Waals surface area contributed by atoms with Gasteiger partial charge >= 0.3 is 0 Å². The lowest BCUT2D eigenvalue weighted by atomic mass is 10.2. The summed E-state index contributed by atoms with van der Waals surface area (Å²) in [5.74, 6) is 0.727. The first-order valence-electron chi connectivity index (χ1n) is 8.07. The van der Waals surface area contributed by atoms with Crippen LogP contribution >= 0.6 is 11.3 Å². The number of aromatic amines is 1. The monoisotopic (exact) mass is 319 g/mol. The first kappa shape index (κ1) is 14.4. The lowest BCUT2D eigenvalue weighted by molar-refractivity contribution is 0.116. The highest BCUT2D eigenvalue weighted by Crippen LogP contribution is 2.34. The third-order valence-corrected chi connectivity index (χ3v) is 5.72. The molecule has 0 amide bonds. The molecule has 1 unspecified atom stereocenters. The number of rotatable bonds is 5. The first-order valence-corrected chi connectivity index (χ1v) is 8.89. The number of hydrogen-bond acceptors (Lipinski definition) is 5. The van der Waals surface area contributed by atoms with Gasteiger partial charge in [0.1, 0.15) is 10.7 Å². The lowest BCUT2D eigenvalue weighted by Gasteiger charge is -2.22. The Balaban J connectivity index is 1.66. The van der Waals surface area contributed by atoms with Crippen LogP contribution in [-0.2, 0) is 19.4 Å². The van der Waals surface area contributed by atoms with Crippen molar-refractivity contribution in [2.45, 2.75) is 57.7 Å². The Morgan fingerprint density at radius 2 is 2.27 bits per heavy atom. The maximum Gasteiger partial charge on any atom is 0.259 e. The Labute approximate surface area is 133 Å². The van der Waals surface area contributed by atoms with Crippen molar-refractivity contribution >= 4 is 21.6 Å². The number of aliphatic hydroxyl groups excluding tert-OH is 1. The molecule has 0 aromatic carbocycles. The summed E-state index contributed by atoms with van der Waals surface area (Å²) in [5.41, 5.74) is 1.23. The summed E-state index contributed by atoms with van der Waals surface area (Å²) in [7, 11) is 0. The predicted octanol–water partition coefficient (Wildman–Crippen LogP) is 1.82. The van der Waals surface area contributed by atoms with E-state index in [9.17, 15) is 9.90 Å². The van der Waals surface area contributed by atoms with Crippen LogP contribution in [0.4, 0.5) is 0 Å². The number of nitrogens with zero attached hydrogens (tertiary/aromatic N) is 2. The fourth-order valence-corrected chi connectivity index (χ4v) is 4.72. The molecule has 1 fully saturated rings. The largest absolute Gasteiger partial charge is 0.392 e. The van der Waals surface area contributed by atoms with Crippen LogP contribution in [0.1, 0.15) is 42.5 Å². The maximum atomic E-state index is 12.5. The second-order valence-corrected chi connectivity index (χ2v) is 7.64. The van der Waals surface area contributed by atoms with E-state index in [1.165, 1.54) is 23.3 Å². The van der Waals surface area contributed by atoms with Gasteiger partial charge in [-0.05, 0) is 44.6 Å². The molecule has 2 N–H and O–H groups in total. The number of fused-ring (bicyclic) bond motifs is 3. The van der Waals surface area contributed by atoms with Gasteiger partial charge in [-0.1, -0.05) is 0 Å². The normalized spacial score (nSPS) is 19.0. The van der Waals surface area contributed by atoms with E-state index in [0.717, 1.165) is 35.3 Å². The van der Waals surface area contributed by atoms with E-state index >= 15 is 0 Å². The van der Waals surface area contributed by atoms with Gasteiger partial charge in [0.25, 0.3) is 5.56 Å². The zero-order valence-corrected chi connectivity index (χ0v) is 13.6. The van der Waals surface area contributed by atoms with Crippen molar-refractivity contribution < 1.29 is 5.11 Å². The van der Waals surface area contributed by atoms with Crippen LogP contribution in [0.3, 0.4) is 0 Å². The molecular formula is C16H21N3O2S. The number of aryl methyl sites for hydroxylation is 2. The number of nitrogens with one attached hydrogen (secondary N) is 1. The Kier molecular flexibility index (Phi) is 3.55. The van der Waals surface area contributed by atoms with Gasteiger partial charge in [0.15, 0.2) is 0 Å². The number of hydrogen-bond donors (Lipinski definition) is 2. The number of thiophene rings is 1. The number of H-pyrrole nitrogens is 1. The van der Waals surface area contributed by atoms with Gasteiger partial charge in [0.05, 0.1) is 18.0 Å². The van der Waals surface area contributed by atoms with Gasteiger partial charge in [0.2, 0.25) is 0 Å². The smallest absolute Gasteiger partial charge is 0.259 e. The summed E-state index contributed by atoms with van der Waals surface area (Å²) in [4.78, 5) is 24.6. The SMILES string of the molecule is CC(O)CN(Cc1nc2sc3c(c2c(=O)[nH]1)CCC3)C1CC1. The average Bonchev–Trinajstić information content (AvgIpc) is 3.09. The van der Waals surface area contributed by atoms with E-state index in [1.807, 2.05) is 0 Å². The number of aromatic nitrogens is 2. The summed E-state index contributed by atoms with van der Waals surface area (Å²) in [6.07, 6.45) is 5.24. The van der Waals surface area contributed by atoms with Crippen molar-refractivity contribution in [1.29, 1.82) is 0 Å². The minimum Gasteiger partial charge on any atom is -0.392 e. The minimum absolute atomic E-state index is 0.00666. The van der Waals surface area contributed by atoms with Crippen molar-refractivity contribution in [3.63, 3.8) is 0 Å². The highest BCUT2D eigenvalue weighted by atomic mass is 32.1. The predicted molar refractivity (Wildman–Crippen MR) is 87.4 cm³/mol. The molecule has 2 aromatic heterocycles. The molecule has 118 valence electrons. The Morgan fingerprint density at radius 3 is 3.00 bits per heavy atom. The highest BCUT2D eigenvalue weighted by Gasteiger charge is 2.30. The fourth-order valence-electron chi connectivity index (χ4n) is 3.44. The van der Waals surface area contributed by atoms with Crippen molar-refractivity contribution in [3.05, 3.63) is 26.6 Å². The molecule has 22 heavy (non-hydrogen) atoms. The van der Waals surface area contributed by atoms with Crippen LogP contribution in [0.5, 0.6) is 0 Å². The molecule has 5 nitrogen and oxygen atoms in total. The second kappa shape index (κ2) is 5.44. The van der Waals surface area contributed by atoms with Crippen molar-refractivity contribution in [2.24, 2.45) is 0 Å². The van der Waals surface area contributed by atoms with E-state index in [0.29, 0.717) is 19.1 Å². The molecule has 0 bridgehead atoms. The van der Waals surface area contributed by atoms with Crippen LogP contribution in [-0.4, -0.2) is 38.7 Å². The summed E-state index contributed by atoms with van der Waals surface area (Å²) in [5, 5.41) is 10.5. The van der Waals surface area contributed by atoms with Crippen LogP contribution in [0.2, 0.25) is 0 Å². The molecule has 1 atom stereocenters. The first-order chi connectivity index (χ1) is 10.6. The molecule has 1 saturated carbocycles. The Hall–Kier alpha value is -1.24. The zero-order chi connectivity index (χ0) is 15.3. The molecule has 6 heteroatoms. The van der Waals surface area contributed by atoms with Crippen molar-refractivity contribution in [3.8, 4) is 0 Å². The summed E-state index contributed by atoms with van der Waals surface area (Å²) >= 11 is 1.68. The molecule has 4 rings (SSSR count).